The Kier molecular flexibility index (Phi) is 4.79. The van der Waals surface area contributed by atoms with E-state index in [4.69, 9.17) is 0 Å². The molecular weight excluding hydrogens is 257 g/mol. The van der Waals surface area contributed by atoms with Gasteiger partial charge >= 0.3 is 6.36 Å². The van der Waals surface area contributed by atoms with Crippen LogP contribution in [0.2, 0.25) is 0 Å². The van der Waals surface area contributed by atoms with E-state index in [0.29, 0.717) is 0 Å². The lowest BCUT2D eigenvalue weighted by Gasteiger charge is -2.36. The van der Waals surface area contributed by atoms with Crippen LogP contribution in [0.1, 0.15) is 11.6 Å². The van der Waals surface area contributed by atoms with Crippen molar-refractivity contribution in [3.63, 3.8) is 0 Å². The van der Waals surface area contributed by atoms with Gasteiger partial charge in [-0.05, 0) is 5.56 Å². The van der Waals surface area contributed by atoms with Gasteiger partial charge in [-0.15, -0.1) is 13.2 Å². The van der Waals surface area contributed by atoms with Crippen molar-refractivity contribution < 1.29 is 17.9 Å². The van der Waals surface area contributed by atoms with E-state index in [0.717, 1.165) is 25.2 Å². The summed E-state index contributed by atoms with van der Waals surface area (Å²) in [7, 11) is 0. The Morgan fingerprint density at radius 2 is 2.00 bits per heavy atom. The van der Waals surface area contributed by atoms with Gasteiger partial charge in [-0.1, -0.05) is 30.3 Å². The molecule has 1 N–H and O–H groups in total. The molecule has 1 aliphatic heterocycles. The van der Waals surface area contributed by atoms with Gasteiger partial charge in [0.25, 0.3) is 0 Å². The molecule has 3 nitrogen and oxygen atoms in total. The lowest BCUT2D eigenvalue weighted by Crippen LogP contribution is -2.47. The van der Waals surface area contributed by atoms with Crippen molar-refractivity contribution >= 4 is 0 Å². The van der Waals surface area contributed by atoms with Crippen molar-refractivity contribution in [2.75, 3.05) is 32.8 Å². The zero-order chi connectivity index (χ0) is 13.7. The third-order valence-corrected chi connectivity index (χ3v) is 3.18. The van der Waals surface area contributed by atoms with Crippen LogP contribution in [0.5, 0.6) is 0 Å². The Balaban J connectivity index is 1.93. The monoisotopic (exact) mass is 274 g/mol. The predicted molar refractivity (Wildman–Crippen MR) is 65.6 cm³/mol. The molecule has 106 valence electrons. The van der Waals surface area contributed by atoms with E-state index in [1.165, 1.54) is 0 Å². The Morgan fingerprint density at radius 1 is 1.26 bits per heavy atom. The number of ether oxygens (including phenoxy) is 1. The van der Waals surface area contributed by atoms with Crippen LogP contribution in [0.25, 0.3) is 0 Å². The SMILES string of the molecule is FC(F)(F)OCCN1CCNCC1c1ccccc1. The molecule has 1 aromatic rings. The van der Waals surface area contributed by atoms with Gasteiger partial charge in [-0.3, -0.25) is 9.64 Å². The van der Waals surface area contributed by atoms with Gasteiger partial charge in [-0.25, -0.2) is 0 Å². The maximum absolute atomic E-state index is 12.0. The van der Waals surface area contributed by atoms with Crippen molar-refractivity contribution in [2.45, 2.75) is 12.4 Å². The van der Waals surface area contributed by atoms with E-state index in [1.54, 1.807) is 0 Å². The number of hydrogen-bond acceptors (Lipinski definition) is 3. The molecule has 0 saturated carbocycles. The van der Waals surface area contributed by atoms with Gasteiger partial charge in [0, 0.05) is 32.2 Å². The van der Waals surface area contributed by atoms with Crippen LogP contribution in [0.15, 0.2) is 30.3 Å². The van der Waals surface area contributed by atoms with Crippen molar-refractivity contribution in [2.24, 2.45) is 0 Å². The molecule has 0 aromatic heterocycles. The van der Waals surface area contributed by atoms with Crippen LogP contribution in [-0.4, -0.2) is 44.0 Å². The van der Waals surface area contributed by atoms with E-state index in [2.05, 4.69) is 10.1 Å². The lowest BCUT2D eigenvalue weighted by atomic mass is 10.0. The first kappa shape index (κ1) is 14.3. The quantitative estimate of drug-likeness (QED) is 0.910. The highest BCUT2D eigenvalue weighted by atomic mass is 19.4. The summed E-state index contributed by atoms with van der Waals surface area (Å²) in [6, 6.07) is 9.90. The van der Waals surface area contributed by atoms with Gasteiger partial charge < -0.3 is 5.32 Å². The summed E-state index contributed by atoms with van der Waals surface area (Å²) < 4.78 is 39.8. The second kappa shape index (κ2) is 6.36. The van der Waals surface area contributed by atoms with Gasteiger partial charge in [-0.2, -0.15) is 0 Å². The Hall–Kier alpha value is -1.11. The molecule has 0 radical (unpaired) electrons. The van der Waals surface area contributed by atoms with Gasteiger partial charge in [0.1, 0.15) is 0 Å². The highest BCUT2D eigenvalue weighted by molar-refractivity contribution is 5.20. The second-order valence-electron chi connectivity index (χ2n) is 4.46. The number of hydrogen-bond donors (Lipinski definition) is 1. The molecule has 1 fully saturated rings. The van der Waals surface area contributed by atoms with E-state index in [9.17, 15) is 13.2 Å². The fourth-order valence-electron chi connectivity index (χ4n) is 2.30. The summed E-state index contributed by atoms with van der Waals surface area (Å²) in [5.41, 5.74) is 1.11. The van der Waals surface area contributed by atoms with Crippen LogP contribution in [-0.2, 0) is 4.74 Å². The third kappa shape index (κ3) is 4.49. The molecule has 1 aromatic carbocycles. The minimum atomic E-state index is -4.55. The van der Waals surface area contributed by atoms with Gasteiger partial charge in [0.2, 0.25) is 0 Å². The first-order valence-electron chi connectivity index (χ1n) is 6.27. The largest absolute Gasteiger partial charge is 0.522 e. The molecule has 2 rings (SSSR count). The molecule has 0 amide bonds. The third-order valence-electron chi connectivity index (χ3n) is 3.18. The number of rotatable bonds is 4. The fraction of sp³-hybridized carbons (Fsp3) is 0.538. The van der Waals surface area contributed by atoms with Crippen LogP contribution >= 0.6 is 0 Å². The van der Waals surface area contributed by atoms with Crippen LogP contribution in [0.4, 0.5) is 13.2 Å². The zero-order valence-corrected chi connectivity index (χ0v) is 10.5. The topological polar surface area (TPSA) is 24.5 Å². The molecular formula is C13H17F3N2O. The summed E-state index contributed by atoms with van der Waals surface area (Å²) in [4.78, 5) is 2.03. The maximum Gasteiger partial charge on any atom is 0.522 e. The summed E-state index contributed by atoms with van der Waals surface area (Å²) in [5, 5.41) is 3.27. The summed E-state index contributed by atoms with van der Waals surface area (Å²) in [6.07, 6.45) is -4.55. The Bertz CT molecular complexity index is 383. The van der Waals surface area contributed by atoms with Crippen LogP contribution < -0.4 is 5.32 Å². The van der Waals surface area contributed by atoms with Gasteiger partial charge in [0.15, 0.2) is 0 Å². The lowest BCUT2D eigenvalue weighted by molar-refractivity contribution is -0.325. The van der Waals surface area contributed by atoms with Gasteiger partial charge in [0.05, 0.1) is 6.61 Å². The van der Waals surface area contributed by atoms with Crippen molar-refractivity contribution in [3.8, 4) is 0 Å². The highest BCUT2D eigenvalue weighted by Crippen LogP contribution is 2.22. The molecule has 6 heteroatoms. The number of alkyl halides is 3. The minimum absolute atomic E-state index is 0.104. The molecule has 1 unspecified atom stereocenters. The van der Waals surface area contributed by atoms with E-state index in [-0.39, 0.29) is 19.2 Å². The zero-order valence-electron chi connectivity index (χ0n) is 10.5. The van der Waals surface area contributed by atoms with Crippen molar-refractivity contribution in [1.29, 1.82) is 0 Å². The normalized spacial score (nSPS) is 21.5. The van der Waals surface area contributed by atoms with Crippen molar-refractivity contribution in [1.82, 2.24) is 10.2 Å². The molecule has 0 bridgehead atoms. The number of piperazine rings is 1. The maximum atomic E-state index is 12.0. The molecule has 19 heavy (non-hydrogen) atoms. The molecule has 1 saturated heterocycles. The molecule has 1 atom stereocenters. The molecule has 0 aliphatic carbocycles. The first-order valence-corrected chi connectivity index (χ1v) is 6.27. The molecule has 1 heterocycles. The Labute approximate surface area is 110 Å². The minimum Gasteiger partial charge on any atom is -0.314 e. The number of nitrogens with zero attached hydrogens (tertiary/aromatic N) is 1. The smallest absolute Gasteiger partial charge is 0.314 e. The van der Waals surface area contributed by atoms with E-state index < -0.39 is 6.36 Å². The summed E-state index contributed by atoms with van der Waals surface area (Å²) in [6.45, 7) is 2.21. The number of halogens is 3. The average Bonchev–Trinajstić information content (AvgIpc) is 2.39. The molecule has 0 spiro atoms. The summed E-state index contributed by atoms with van der Waals surface area (Å²) >= 11 is 0. The second-order valence-corrected chi connectivity index (χ2v) is 4.46. The standard InChI is InChI=1S/C13H17F3N2O/c14-13(15,16)19-9-8-18-7-6-17-10-12(18)11-4-2-1-3-5-11/h1-5,12,17H,6-10H2. The average molecular weight is 274 g/mol. The number of nitrogens with one attached hydrogen (secondary N) is 1. The van der Waals surface area contributed by atoms with E-state index >= 15 is 0 Å². The fourth-order valence-corrected chi connectivity index (χ4v) is 2.30. The number of benzene rings is 1. The predicted octanol–water partition coefficient (Wildman–Crippen LogP) is 2.17. The highest BCUT2D eigenvalue weighted by Gasteiger charge is 2.30. The van der Waals surface area contributed by atoms with E-state index in [1.807, 2.05) is 35.2 Å². The molecule has 1 aliphatic rings. The Morgan fingerprint density at radius 3 is 2.68 bits per heavy atom. The van der Waals surface area contributed by atoms with Crippen LogP contribution in [0.3, 0.4) is 0 Å². The van der Waals surface area contributed by atoms with Crippen molar-refractivity contribution in [3.05, 3.63) is 35.9 Å². The first-order chi connectivity index (χ1) is 9.06. The summed E-state index contributed by atoms with van der Waals surface area (Å²) in [5.74, 6) is 0. The van der Waals surface area contributed by atoms with Crippen LogP contribution in [0, 0.1) is 0 Å².